The number of aliphatic hydroxyl groups is 2. The maximum absolute atomic E-state index is 10.1. The van der Waals surface area contributed by atoms with Gasteiger partial charge in [0.15, 0.2) is 0 Å². The molecule has 2 aromatic carbocycles. The average Bonchev–Trinajstić information content (AvgIpc) is 3.29. The van der Waals surface area contributed by atoms with E-state index in [-0.39, 0.29) is 24.5 Å². The van der Waals surface area contributed by atoms with Gasteiger partial charge in [-0.2, -0.15) is 0 Å². The zero-order chi connectivity index (χ0) is 23.1. The third-order valence-electron chi connectivity index (χ3n) is 5.26. The Morgan fingerprint density at radius 3 is 2.34 bits per heavy atom. The van der Waals surface area contributed by atoms with Crippen LogP contribution in [-0.2, 0) is 12.0 Å². The molecule has 0 radical (unpaired) electrons. The lowest BCUT2D eigenvalue weighted by atomic mass is 9.78. The highest BCUT2D eigenvalue weighted by molar-refractivity contribution is 14.1. The van der Waals surface area contributed by atoms with Gasteiger partial charge in [-0.3, -0.25) is 0 Å². The summed E-state index contributed by atoms with van der Waals surface area (Å²) in [4.78, 5) is 3.97. The van der Waals surface area contributed by atoms with Crippen molar-refractivity contribution in [2.75, 3.05) is 19.1 Å². The van der Waals surface area contributed by atoms with Crippen LogP contribution in [0.15, 0.2) is 61.2 Å². The highest BCUT2D eigenvalue weighted by Crippen LogP contribution is 2.35. The molecule has 6 nitrogen and oxygen atoms in total. The van der Waals surface area contributed by atoms with Gasteiger partial charge in [0.05, 0.1) is 22.3 Å². The summed E-state index contributed by atoms with van der Waals surface area (Å²) in [6.45, 7) is 5.15. The molecule has 2 N–H and O–H groups in total. The molecule has 0 unspecified atom stereocenters. The van der Waals surface area contributed by atoms with Crippen LogP contribution in [0, 0.1) is 3.57 Å². The fraction of sp³-hybridized carbons (Fsp3) is 0.375. The van der Waals surface area contributed by atoms with Gasteiger partial charge in [0.25, 0.3) is 0 Å². The lowest BCUT2D eigenvalue weighted by molar-refractivity contribution is 0.0924. The first kappa shape index (κ1) is 24.8. The number of imidazole rings is 1. The van der Waals surface area contributed by atoms with Crippen LogP contribution in [0.1, 0.15) is 25.0 Å². The highest BCUT2D eigenvalue weighted by Gasteiger charge is 2.24. The summed E-state index contributed by atoms with van der Waals surface area (Å²) >= 11 is 7.87. The Bertz CT molecular complexity index is 980. The second kappa shape index (κ2) is 11.4. The molecule has 0 bridgehead atoms. The van der Waals surface area contributed by atoms with E-state index in [1.54, 1.807) is 12.5 Å². The molecule has 1 heterocycles. The molecule has 0 amide bonds. The number of aliphatic hydroxyl groups excluding tert-OH is 2. The lowest BCUT2D eigenvalue weighted by Gasteiger charge is -2.27. The Morgan fingerprint density at radius 1 is 1.03 bits per heavy atom. The molecule has 3 aromatic rings. The molecule has 0 saturated carbocycles. The van der Waals surface area contributed by atoms with Gasteiger partial charge in [-0.05, 0) is 58.0 Å². The van der Waals surface area contributed by atoms with Gasteiger partial charge >= 0.3 is 0 Å². The second-order valence-electron chi connectivity index (χ2n) is 8.14. The molecule has 0 saturated heterocycles. The van der Waals surface area contributed by atoms with Crippen LogP contribution in [0.4, 0.5) is 0 Å². The molecule has 3 rings (SSSR count). The number of hydrogen-bond donors (Lipinski definition) is 2. The predicted molar refractivity (Wildman–Crippen MR) is 134 cm³/mol. The number of halogens is 2. The number of aromatic nitrogens is 2. The van der Waals surface area contributed by atoms with Crippen molar-refractivity contribution >= 4 is 34.2 Å². The number of rotatable bonds is 11. The summed E-state index contributed by atoms with van der Waals surface area (Å²) in [6, 6.07) is 14.0. The normalized spacial score (nSPS) is 13.6. The third-order valence-corrected chi connectivity index (χ3v) is 6.46. The molecule has 32 heavy (non-hydrogen) atoms. The van der Waals surface area contributed by atoms with Gasteiger partial charge < -0.3 is 24.3 Å². The number of nitrogens with zero attached hydrogens (tertiary/aromatic N) is 2. The van der Waals surface area contributed by atoms with Crippen LogP contribution in [0.5, 0.6) is 11.5 Å². The Kier molecular flexibility index (Phi) is 8.81. The monoisotopic (exact) mass is 566 g/mol. The maximum atomic E-state index is 10.1. The van der Waals surface area contributed by atoms with E-state index in [1.165, 1.54) is 0 Å². The fourth-order valence-electron chi connectivity index (χ4n) is 3.25. The summed E-state index contributed by atoms with van der Waals surface area (Å²) in [7, 11) is 0. The van der Waals surface area contributed by atoms with Gasteiger partial charge in [0, 0.05) is 17.8 Å². The van der Waals surface area contributed by atoms with Gasteiger partial charge in [0.2, 0.25) is 0 Å². The summed E-state index contributed by atoms with van der Waals surface area (Å²) < 4.78 is 14.2. The smallest absolute Gasteiger partial charge is 0.132 e. The molecule has 0 aliphatic rings. The highest BCUT2D eigenvalue weighted by atomic mass is 123. The molecule has 0 aliphatic heterocycles. The summed E-state index contributed by atoms with van der Waals surface area (Å²) in [5.41, 5.74) is 2.07. The van der Waals surface area contributed by atoms with Crippen molar-refractivity contribution in [2.45, 2.75) is 38.0 Å². The van der Waals surface area contributed by atoms with Crippen molar-refractivity contribution in [3.05, 3.63) is 75.9 Å². The zero-order valence-corrected chi connectivity index (χ0v) is 21.0. The van der Waals surface area contributed by atoms with E-state index < -0.39 is 12.2 Å². The van der Waals surface area contributed by atoms with Crippen molar-refractivity contribution in [3.63, 3.8) is 0 Å². The minimum atomic E-state index is -0.684. The van der Waals surface area contributed by atoms with E-state index in [1.807, 2.05) is 47.2 Å². The van der Waals surface area contributed by atoms with Crippen molar-refractivity contribution in [1.82, 2.24) is 9.55 Å². The maximum Gasteiger partial charge on any atom is 0.132 e. The second-order valence-corrected chi connectivity index (χ2v) is 9.61. The SMILES string of the molecule is CC(C)(c1ccc(OC[C@@H](O)Cn2ccnc2)cc1)c1ccc(OC[C@@H](O)CCl)c([123I])c1. The first-order chi connectivity index (χ1) is 15.3. The van der Waals surface area contributed by atoms with E-state index in [0.717, 1.165) is 20.4 Å². The first-order valence-corrected chi connectivity index (χ1v) is 11.9. The van der Waals surface area contributed by atoms with Crippen molar-refractivity contribution in [2.24, 2.45) is 0 Å². The lowest BCUT2D eigenvalue weighted by Crippen LogP contribution is -2.23. The van der Waals surface area contributed by atoms with E-state index >= 15 is 0 Å². The Hall–Kier alpha value is -1.81. The molecule has 0 aliphatic carbocycles. The minimum Gasteiger partial charge on any atom is -0.491 e. The molecule has 0 fully saturated rings. The van der Waals surface area contributed by atoms with E-state index in [2.05, 4.69) is 47.5 Å². The Balaban J connectivity index is 1.62. The van der Waals surface area contributed by atoms with Crippen molar-refractivity contribution in [3.8, 4) is 11.5 Å². The van der Waals surface area contributed by atoms with E-state index in [0.29, 0.717) is 12.3 Å². The Labute approximate surface area is 207 Å². The summed E-state index contributed by atoms with van der Waals surface area (Å²) in [6.07, 6.45) is 3.86. The largest absolute Gasteiger partial charge is 0.491 e. The Morgan fingerprint density at radius 2 is 1.72 bits per heavy atom. The van der Waals surface area contributed by atoms with Crippen LogP contribution in [0.2, 0.25) is 0 Å². The van der Waals surface area contributed by atoms with E-state index in [9.17, 15) is 10.2 Å². The summed E-state index contributed by atoms with van der Waals surface area (Å²) in [5.74, 6) is 1.59. The number of hydrogen-bond acceptors (Lipinski definition) is 5. The fourth-order valence-corrected chi connectivity index (χ4v) is 4.01. The van der Waals surface area contributed by atoms with Crippen LogP contribution in [0.25, 0.3) is 0 Å². The molecular formula is C24H28ClIN2O4. The molecule has 172 valence electrons. The average molecular weight is 567 g/mol. The van der Waals surface area contributed by atoms with Crippen molar-refractivity contribution in [1.29, 1.82) is 0 Å². The predicted octanol–water partition coefficient (Wildman–Crippen LogP) is 4.23. The van der Waals surface area contributed by atoms with Crippen molar-refractivity contribution < 1.29 is 19.7 Å². The molecular weight excluding hydrogens is 539 g/mol. The standard InChI is InChI=1S/C24H28ClIN2O4/c1-24(2,18-5-8-23(22(26)11-18)32-14-19(29)12-25)17-3-6-21(7-4-17)31-15-20(30)13-28-10-9-27-16-28/h3-11,16,19-20,29-30H,12-15H2,1-2H3/t19-,20-/m0/s1/i26-4. The summed E-state index contributed by atoms with van der Waals surface area (Å²) in [5, 5.41) is 19.7. The number of alkyl halides is 1. The van der Waals surface area contributed by atoms with Gasteiger partial charge in [-0.1, -0.05) is 32.0 Å². The molecule has 2 atom stereocenters. The molecule has 0 spiro atoms. The number of benzene rings is 2. The van der Waals surface area contributed by atoms with Crippen LogP contribution < -0.4 is 9.47 Å². The topological polar surface area (TPSA) is 76.7 Å². The van der Waals surface area contributed by atoms with Gasteiger partial charge in [0.1, 0.15) is 36.9 Å². The van der Waals surface area contributed by atoms with Crippen LogP contribution in [0.3, 0.4) is 0 Å². The quantitative estimate of drug-likeness (QED) is 0.268. The van der Waals surface area contributed by atoms with Gasteiger partial charge in [-0.15, -0.1) is 11.6 Å². The number of ether oxygens (including phenoxy) is 2. The van der Waals surface area contributed by atoms with Crippen LogP contribution in [-0.4, -0.2) is 51.1 Å². The van der Waals surface area contributed by atoms with E-state index in [4.69, 9.17) is 21.1 Å². The molecule has 1 aromatic heterocycles. The molecule has 8 heteroatoms. The first-order valence-electron chi connectivity index (χ1n) is 10.3. The third kappa shape index (κ3) is 6.60. The zero-order valence-electron chi connectivity index (χ0n) is 18.1. The van der Waals surface area contributed by atoms with Gasteiger partial charge in [-0.25, -0.2) is 4.98 Å². The van der Waals surface area contributed by atoms with Crippen LogP contribution >= 0.6 is 34.2 Å². The minimum absolute atomic E-state index is 0.144.